The van der Waals surface area contributed by atoms with Crippen molar-refractivity contribution >= 4 is 17.2 Å². The van der Waals surface area contributed by atoms with E-state index in [1.165, 1.54) is 12.1 Å². The molecule has 4 rings (SSSR count). The molecule has 0 aliphatic carbocycles. The van der Waals surface area contributed by atoms with Crippen molar-refractivity contribution in [1.82, 2.24) is 4.98 Å². The number of aromatic nitrogens is 1. The Kier molecular flexibility index (Phi) is 4.85. The Balaban J connectivity index is 1.68. The van der Waals surface area contributed by atoms with E-state index in [-0.39, 0.29) is 5.82 Å². The van der Waals surface area contributed by atoms with Crippen LogP contribution in [-0.2, 0) is 0 Å². The van der Waals surface area contributed by atoms with Crippen molar-refractivity contribution in [2.75, 3.05) is 6.61 Å². The van der Waals surface area contributed by atoms with Gasteiger partial charge in [0.05, 0.1) is 17.8 Å². The van der Waals surface area contributed by atoms with Gasteiger partial charge < -0.3 is 4.74 Å². The van der Waals surface area contributed by atoms with Gasteiger partial charge in [-0.15, -0.1) is 0 Å². The lowest BCUT2D eigenvalue weighted by atomic mass is 10.0. The molecule has 0 amide bonds. The van der Waals surface area contributed by atoms with Gasteiger partial charge in [-0.05, 0) is 54.4 Å². The summed E-state index contributed by atoms with van der Waals surface area (Å²) in [7, 11) is 0. The van der Waals surface area contributed by atoms with Gasteiger partial charge in [-0.3, -0.25) is 4.79 Å². The molecule has 1 heterocycles. The average Bonchev–Trinajstić information content (AvgIpc) is 2.74. The third-order valence-electron chi connectivity index (χ3n) is 4.61. The first-order valence-corrected chi connectivity index (χ1v) is 9.07. The van der Waals surface area contributed by atoms with Crippen LogP contribution in [0.3, 0.4) is 0 Å². The highest BCUT2D eigenvalue weighted by atomic mass is 19.1. The lowest BCUT2D eigenvalue weighted by Gasteiger charge is -2.08. The van der Waals surface area contributed by atoms with E-state index in [4.69, 9.17) is 4.74 Å². The number of hydrogen-bond donors (Lipinski definition) is 0. The molecule has 0 unspecified atom stereocenters. The first kappa shape index (κ1) is 17.9. The molecule has 28 heavy (non-hydrogen) atoms. The number of pyridine rings is 1. The Hall–Kier alpha value is -3.53. The predicted molar refractivity (Wildman–Crippen MR) is 109 cm³/mol. The van der Waals surface area contributed by atoms with Crippen molar-refractivity contribution in [3.05, 3.63) is 84.2 Å². The fourth-order valence-electron chi connectivity index (χ4n) is 3.21. The highest BCUT2D eigenvalue weighted by molar-refractivity contribution is 5.98. The fraction of sp³-hybridized carbons (Fsp3) is 0.0833. The standard InChI is InChI=1S/C24H18FNO2/c1-2-28-21-10-7-17(8-11-21)16-3-5-18(6-4-16)24-13-19(15-27)22-14-20(25)9-12-23(22)26-24/h3-15H,2H2,1H3. The molecule has 0 radical (unpaired) electrons. The summed E-state index contributed by atoms with van der Waals surface area (Å²) in [5.41, 5.74) is 4.76. The van der Waals surface area contributed by atoms with Gasteiger partial charge in [-0.1, -0.05) is 36.4 Å². The van der Waals surface area contributed by atoms with Crippen LogP contribution in [0.4, 0.5) is 4.39 Å². The highest BCUT2D eigenvalue weighted by Gasteiger charge is 2.09. The third-order valence-corrected chi connectivity index (χ3v) is 4.61. The zero-order chi connectivity index (χ0) is 19.5. The topological polar surface area (TPSA) is 39.2 Å². The Morgan fingerprint density at radius 1 is 0.893 bits per heavy atom. The molecule has 0 aliphatic rings. The second-order valence-corrected chi connectivity index (χ2v) is 6.41. The van der Waals surface area contributed by atoms with Crippen LogP contribution in [0.5, 0.6) is 5.75 Å². The van der Waals surface area contributed by atoms with Crippen molar-refractivity contribution in [3.63, 3.8) is 0 Å². The molecule has 4 heteroatoms. The Labute approximate surface area is 162 Å². The Bertz CT molecular complexity index is 1140. The number of rotatable bonds is 5. The van der Waals surface area contributed by atoms with Crippen molar-refractivity contribution in [2.45, 2.75) is 6.92 Å². The van der Waals surface area contributed by atoms with Crippen LogP contribution in [0.25, 0.3) is 33.3 Å². The number of fused-ring (bicyclic) bond motifs is 1. The molecular formula is C24H18FNO2. The van der Waals surface area contributed by atoms with Crippen LogP contribution in [0, 0.1) is 5.82 Å². The van der Waals surface area contributed by atoms with Crippen LogP contribution < -0.4 is 4.74 Å². The number of hydrogen-bond acceptors (Lipinski definition) is 3. The first-order chi connectivity index (χ1) is 13.7. The van der Waals surface area contributed by atoms with Crippen LogP contribution in [0.15, 0.2) is 72.8 Å². The maximum absolute atomic E-state index is 13.5. The van der Waals surface area contributed by atoms with E-state index in [0.29, 0.717) is 28.8 Å². The zero-order valence-electron chi connectivity index (χ0n) is 15.4. The molecule has 3 nitrogen and oxygen atoms in total. The van der Waals surface area contributed by atoms with Gasteiger partial charge in [0.1, 0.15) is 11.6 Å². The molecule has 0 bridgehead atoms. The first-order valence-electron chi connectivity index (χ1n) is 9.07. The molecule has 4 aromatic rings. The van der Waals surface area contributed by atoms with E-state index < -0.39 is 0 Å². The number of ether oxygens (including phenoxy) is 1. The average molecular weight is 371 g/mol. The normalized spacial score (nSPS) is 10.8. The lowest BCUT2D eigenvalue weighted by molar-refractivity contribution is 0.112. The smallest absolute Gasteiger partial charge is 0.150 e. The highest BCUT2D eigenvalue weighted by Crippen LogP contribution is 2.28. The second-order valence-electron chi connectivity index (χ2n) is 6.41. The van der Waals surface area contributed by atoms with Crippen LogP contribution in [0.2, 0.25) is 0 Å². The molecule has 0 fully saturated rings. The number of carbonyl (C=O) groups is 1. The molecule has 0 atom stereocenters. The molecule has 0 N–H and O–H groups in total. The predicted octanol–water partition coefficient (Wildman–Crippen LogP) is 5.92. The Morgan fingerprint density at radius 3 is 2.18 bits per heavy atom. The third kappa shape index (κ3) is 3.49. The molecule has 1 aromatic heterocycles. The van der Waals surface area contributed by atoms with Gasteiger partial charge in [0, 0.05) is 16.5 Å². The molecule has 0 saturated heterocycles. The summed E-state index contributed by atoms with van der Waals surface area (Å²) < 4.78 is 19.0. The minimum Gasteiger partial charge on any atom is -0.494 e. The van der Waals surface area contributed by atoms with Crippen LogP contribution in [-0.4, -0.2) is 17.9 Å². The summed E-state index contributed by atoms with van der Waals surface area (Å²) in [6, 6.07) is 21.9. The molecule has 3 aromatic carbocycles. The molecule has 0 saturated carbocycles. The van der Waals surface area contributed by atoms with E-state index in [9.17, 15) is 9.18 Å². The number of aldehydes is 1. The van der Waals surface area contributed by atoms with E-state index in [1.54, 1.807) is 12.1 Å². The van der Waals surface area contributed by atoms with E-state index in [0.717, 1.165) is 28.7 Å². The number of halogens is 1. The SMILES string of the molecule is CCOc1ccc(-c2ccc(-c3cc(C=O)c4cc(F)ccc4n3)cc2)cc1. The molecule has 0 aliphatic heterocycles. The van der Waals surface area contributed by atoms with E-state index >= 15 is 0 Å². The summed E-state index contributed by atoms with van der Waals surface area (Å²) in [5.74, 6) is 0.464. The minimum atomic E-state index is -0.384. The van der Waals surface area contributed by atoms with Crippen molar-refractivity contribution < 1.29 is 13.9 Å². The Morgan fingerprint density at radius 2 is 1.54 bits per heavy atom. The largest absolute Gasteiger partial charge is 0.494 e. The van der Waals surface area contributed by atoms with E-state index in [2.05, 4.69) is 4.98 Å². The summed E-state index contributed by atoms with van der Waals surface area (Å²) in [6.07, 6.45) is 0.737. The lowest BCUT2D eigenvalue weighted by Crippen LogP contribution is -1.92. The monoisotopic (exact) mass is 371 g/mol. The maximum atomic E-state index is 13.5. The summed E-state index contributed by atoms with van der Waals surface area (Å²) >= 11 is 0. The van der Waals surface area contributed by atoms with Gasteiger partial charge >= 0.3 is 0 Å². The zero-order valence-corrected chi connectivity index (χ0v) is 15.4. The van der Waals surface area contributed by atoms with Gasteiger partial charge in [-0.2, -0.15) is 0 Å². The summed E-state index contributed by atoms with van der Waals surface area (Å²) in [5, 5.41) is 0.518. The van der Waals surface area contributed by atoms with E-state index in [1.807, 2.05) is 55.5 Å². The van der Waals surface area contributed by atoms with Gasteiger partial charge in [-0.25, -0.2) is 9.37 Å². The molecule has 138 valence electrons. The second kappa shape index (κ2) is 7.61. The minimum absolute atomic E-state index is 0.384. The van der Waals surface area contributed by atoms with Gasteiger partial charge in [0.2, 0.25) is 0 Å². The quantitative estimate of drug-likeness (QED) is 0.409. The van der Waals surface area contributed by atoms with Crippen LogP contribution >= 0.6 is 0 Å². The van der Waals surface area contributed by atoms with Crippen molar-refractivity contribution in [3.8, 4) is 28.1 Å². The molecular weight excluding hydrogens is 353 g/mol. The van der Waals surface area contributed by atoms with Crippen LogP contribution in [0.1, 0.15) is 17.3 Å². The number of benzene rings is 3. The molecule has 0 spiro atoms. The maximum Gasteiger partial charge on any atom is 0.150 e. The number of nitrogens with zero attached hydrogens (tertiary/aromatic N) is 1. The van der Waals surface area contributed by atoms with Gasteiger partial charge in [0.15, 0.2) is 6.29 Å². The summed E-state index contributed by atoms with van der Waals surface area (Å²) in [6.45, 7) is 2.60. The van der Waals surface area contributed by atoms with Crippen molar-refractivity contribution in [2.24, 2.45) is 0 Å². The fourth-order valence-corrected chi connectivity index (χ4v) is 3.21. The van der Waals surface area contributed by atoms with Gasteiger partial charge in [0.25, 0.3) is 0 Å². The summed E-state index contributed by atoms with van der Waals surface area (Å²) in [4.78, 5) is 16.1. The number of carbonyl (C=O) groups excluding carboxylic acids is 1. The van der Waals surface area contributed by atoms with Crippen molar-refractivity contribution in [1.29, 1.82) is 0 Å².